The minimum atomic E-state index is -3.54. The Morgan fingerprint density at radius 3 is 2.17 bits per heavy atom. The maximum atomic E-state index is 12.7. The lowest BCUT2D eigenvalue weighted by atomic mass is 10.1. The van der Waals surface area contributed by atoms with E-state index in [1.807, 2.05) is 26.0 Å². The summed E-state index contributed by atoms with van der Waals surface area (Å²) in [6.45, 7) is 7.30. The third-order valence-electron chi connectivity index (χ3n) is 4.73. The average molecular weight is 418 g/mol. The van der Waals surface area contributed by atoms with Crippen LogP contribution in [0.25, 0.3) is 0 Å². The molecule has 1 aliphatic rings. The number of carbonyl (C=O) groups excluding carboxylic acids is 1. The Morgan fingerprint density at radius 2 is 1.59 bits per heavy atom. The van der Waals surface area contributed by atoms with Gasteiger partial charge in [-0.2, -0.15) is 4.31 Å². The summed E-state index contributed by atoms with van der Waals surface area (Å²) < 4.78 is 31.9. The molecule has 7 nitrogen and oxygen atoms in total. The van der Waals surface area contributed by atoms with Gasteiger partial charge in [-0.25, -0.2) is 8.42 Å². The van der Waals surface area contributed by atoms with Crippen LogP contribution in [0.3, 0.4) is 0 Å². The van der Waals surface area contributed by atoms with Gasteiger partial charge in [0, 0.05) is 24.5 Å². The fourth-order valence-electron chi connectivity index (χ4n) is 3.27. The van der Waals surface area contributed by atoms with Crippen LogP contribution < -0.4 is 10.6 Å². The summed E-state index contributed by atoms with van der Waals surface area (Å²) in [5.41, 5.74) is 3.68. The van der Waals surface area contributed by atoms with E-state index in [1.54, 1.807) is 19.1 Å². The van der Waals surface area contributed by atoms with E-state index in [4.69, 9.17) is 4.74 Å². The first-order valence-electron chi connectivity index (χ1n) is 9.59. The van der Waals surface area contributed by atoms with Crippen LogP contribution in [0.2, 0.25) is 0 Å². The van der Waals surface area contributed by atoms with Gasteiger partial charge >= 0.3 is 0 Å². The van der Waals surface area contributed by atoms with E-state index >= 15 is 0 Å². The van der Waals surface area contributed by atoms with Crippen molar-refractivity contribution in [3.05, 3.63) is 53.6 Å². The molecule has 1 aliphatic heterocycles. The predicted octanol–water partition coefficient (Wildman–Crippen LogP) is 2.76. The van der Waals surface area contributed by atoms with Crippen molar-refractivity contribution in [2.24, 2.45) is 0 Å². The number of carbonyl (C=O) groups is 1. The van der Waals surface area contributed by atoms with Gasteiger partial charge in [-0.3, -0.25) is 4.79 Å². The predicted molar refractivity (Wildman–Crippen MR) is 114 cm³/mol. The highest BCUT2D eigenvalue weighted by molar-refractivity contribution is 7.89. The van der Waals surface area contributed by atoms with E-state index < -0.39 is 16.1 Å². The summed E-state index contributed by atoms with van der Waals surface area (Å²) in [4.78, 5) is 12.7. The Bertz CT molecular complexity index is 948. The number of sulfonamides is 1. The number of nitrogens with zero attached hydrogens (tertiary/aromatic N) is 1. The largest absolute Gasteiger partial charge is 0.379 e. The Morgan fingerprint density at radius 1 is 1.00 bits per heavy atom. The molecular weight excluding hydrogens is 390 g/mol. The van der Waals surface area contributed by atoms with Crippen LogP contribution in [0.5, 0.6) is 0 Å². The van der Waals surface area contributed by atoms with Crippen LogP contribution in [-0.4, -0.2) is 51.0 Å². The smallest absolute Gasteiger partial charge is 0.246 e. The minimum absolute atomic E-state index is 0.201. The van der Waals surface area contributed by atoms with Crippen LogP contribution in [-0.2, 0) is 19.6 Å². The monoisotopic (exact) mass is 417 g/mol. The Hall–Kier alpha value is -2.42. The zero-order chi connectivity index (χ0) is 21.0. The van der Waals surface area contributed by atoms with Gasteiger partial charge in [-0.15, -0.1) is 0 Å². The zero-order valence-corrected chi connectivity index (χ0v) is 17.8. The van der Waals surface area contributed by atoms with E-state index in [0.717, 1.165) is 16.8 Å². The summed E-state index contributed by atoms with van der Waals surface area (Å²) in [5, 5.41) is 6.02. The molecule has 1 amide bonds. The Balaban J connectivity index is 1.63. The standard InChI is InChI=1S/C21H27N3O4S/c1-15-12-16(2)14-19(13-15)22-17(3)21(25)23-18-4-6-20(7-5-18)29(26,27)24-8-10-28-11-9-24/h4-7,12-14,17,22H,8-11H2,1-3H3,(H,23,25)/t17-/m1/s1. The maximum absolute atomic E-state index is 12.7. The van der Waals surface area contributed by atoms with Gasteiger partial charge in [0.25, 0.3) is 0 Å². The molecule has 1 saturated heterocycles. The van der Waals surface area contributed by atoms with Crippen LogP contribution >= 0.6 is 0 Å². The molecule has 1 fully saturated rings. The van der Waals surface area contributed by atoms with E-state index in [9.17, 15) is 13.2 Å². The SMILES string of the molecule is Cc1cc(C)cc(N[C@H](C)C(=O)Nc2ccc(S(=O)(=O)N3CCOCC3)cc2)c1. The lowest BCUT2D eigenvalue weighted by Crippen LogP contribution is -2.40. The summed E-state index contributed by atoms with van der Waals surface area (Å²) in [6.07, 6.45) is 0. The summed E-state index contributed by atoms with van der Waals surface area (Å²) >= 11 is 0. The molecular formula is C21H27N3O4S. The molecule has 3 rings (SSSR count). The van der Waals surface area contributed by atoms with Crippen LogP contribution in [0.1, 0.15) is 18.1 Å². The molecule has 0 aromatic heterocycles. The number of hydrogen-bond donors (Lipinski definition) is 2. The van der Waals surface area contributed by atoms with Crippen LogP contribution in [0.15, 0.2) is 47.4 Å². The van der Waals surface area contributed by atoms with Gasteiger partial charge in [0.05, 0.1) is 18.1 Å². The Labute approximate surface area is 172 Å². The lowest BCUT2D eigenvalue weighted by molar-refractivity contribution is -0.116. The molecule has 0 saturated carbocycles. The van der Waals surface area contributed by atoms with Gasteiger partial charge < -0.3 is 15.4 Å². The first-order valence-corrected chi connectivity index (χ1v) is 11.0. The number of amides is 1. The molecule has 1 heterocycles. The van der Waals surface area contributed by atoms with Gasteiger partial charge in [0.15, 0.2) is 0 Å². The molecule has 2 N–H and O–H groups in total. The highest BCUT2D eigenvalue weighted by atomic mass is 32.2. The van der Waals surface area contributed by atoms with Crippen molar-refractivity contribution in [3.63, 3.8) is 0 Å². The highest BCUT2D eigenvalue weighted by Crippen LogP contribution is 2.20. The lowest BCUT2D eigenvalue weighted by Gasteiger charge is -2.26. The van der Waals surface area contributed by atoms with Gasteiger partial charge in [-0.1, -0.05) is 6.07 Å². The third-order valence-corrected chi connectivity index (χ3v) is 6.64. The zero-order valence-electron chi connectivity index (χ0n) is 16.9. The van der Waals surface area contributed by atoms with Crippen molar-refractivity contribution in [1.82, 2.24) is 4.31 Å². The number of anilines is 2. The van der Waals surface area contributed by atoms with Crippen molar-refractivity contribution in [2.45, 2.75) is 31.7 Å². The molecule has 29 heavy (non-hydrogen) atoms. The molecule has 8 heteroatoms. The second kappa shape index (κ2) is 8.94. The number of aryl methyl sites for hydroxylation is 2. The van der Waals surface area contributed by atoms with Gasteiger partial charge in [0.1, 0.15) is 6.04 Å². The number of morpholine rings is 1. The van der Waals surface area contributed by atoms with Crippen molar-refractivity contribution < 1.29 is 17.9 Å². The summed E-state index contributed by atoms with van der Waals surface area (Å²) in [6, 6.07) is 11.8. The molecule has 0 bridgehead atoms. The van der Waals surface area contributed by atoms with E-state index in [0.29, 0.717) is 32.0 Å². The fraction of sp³-hybridized carbons (Fsp3) is 0.381. The normalized spacial score (nSPS) is 16.2. The minimum Gasteiger partial charge on any atom is -0.379 e. The first-order chi connectivity index (χ1) is 13.8. The molecule has 2 aromatic rings. The third kappa shape index (κ3) is 5.35. The number of ether oxygens (including phenoxy) is 1. The molecule has 0 spiro atoms. The molecule has 0 radical (unpaired) electrons. The van der Waals surface area contributed by atoms with Gasteiger partial charge in [0.2, 0.25) is 15.9 Å². The number of rotatable bonds is 6. The Kier molecular flexibility index (Phi) is 6.56. The second-order valence-corrected chi connectivity index (χ2v) is 9.21. The summed E-state index contributed by atoms with van der Waals surface area (Å²) in [5.74, 6) is -0.201. The topological polar surface area (TPSA) is 87.7 Å². The quantitative estimate of drug-likeness (QED) is 0.755. The molecule has 1 atom stereocenters. The van der Waals surface area contributed by atoms with Crippen LogP contribution in [0.4, 0.5) is 11.4 Å². The summed E-state index contributed by atoms with van der Waals surface area (Å²) in [7, 11) is -3.54. The van der Waals surface area contributed by atoms with E-state index in [1.165, 1.54) is 16.4 Å². The maximum Gasteiger partial charge on any atom is 0.246 e. The molecule has 0 aliphatic carbocycles. The van der Waals surface area contributed by atoms with E-state index in [2.05, 4.69) is 16.7 Å². The molecule has 2 aromatic carbocycles. The molecule has 156 valence electrons. The molecule has 0 unspecified atom stereocenters. The number of hydrogen-bond acceptors (Lipinski definition) is 5. The van der Waals surface area contributed by atoms with Crippen molar-refractivity contribution in [1.29, 1.82) is 0 Å². The fourth-order valence-corrected chi connectivity index (χ4v) is 4.68. The van der Waals surface area contributed by atoms with Gasteiger partial charge in [-0.05, 0) is 68.3 Å². The highest BCUT2D eigenvalue weighted by Gasteiger charge is 2.26. The first kappa shape index (κ1) is 21.3. The van der Waals surface area contributed by atoms with Crippen molar-refractivity contribution >= 4 is 27.3 Å². The second-order valence-electron chi connectivity index (χ2n) is 7.27. The van der Waals surface area contributed by atoms with Crippen LogP contribution in [0, 0.1) is 13.8 Å². The number of benzene rings is 2. The number of nitrogens with one attached hydrogen (secondary N) is 2. The average Bonchev–Trinajstić information content (AvgIpc) is 2.68. The van der Waals surface area contributed by atoms with Crippen molar-refractivity contribution in [2.75, 3.05) is 36.9 Å². The van der Waals surface area contributed by atoms with Crippen molar-refractivity contribution in [3.8, 4) is 0 Å². The van der Waals surface area contributed by atoms with E-state index in [-0.39, 0.29) is 10.8 Å².